The molecular weight excluding hydrogens is 274 g/mol. The number of carbonyl (C=O) groups is 1. The van der Waals surface area contributed by atoms with Gasteiger partial charge >= 0.3 is 5.97 Å². The molecule has 0 aliphatic heterocycles. The second-order valence-electron chi connectivity index (χ2n) is 4.59. The number of nitrogens with two attached hydrogens (primary N) is 5. The molecule has 1 unspecified atom stereocenters. The fraction of sp³-hybridized carbons (Fsp3) is 0.750. The van der Waals surface area contributed by atoms with Crippen LogP contribution in [0.1, 0.15) is 32.1 Å². The quantitative estimate of drug-likeness (QED) is 0.131. The minimum Gasteiger partial charge on any atom is -0.465 e. The highest BCUT2D eigenvalue weighted by Gasteiger charge is 2.13. The van der Waals surface area contributed by atoms with Crippen molar-refractivity contribution >= 4 is 17.9 Å². The van der Waals surface area contributed by atoms with Gasteiger partial charge in [0.25, 0.3) is 0 Å². The largest absolute Gasteiger partial charge is 0.465 e. The van der Waals surface area contributed by atoms with Gasteiger partial charge in [0.15, 0.2) is 11.9 Å². The lowest BCUT2D eigenvalue weighted by Crippen LogP contribution is -2.32. The maximum absolute atomic E-state index is 11.6. The highest BCUT2D eigenvalue weighted by molar-refractivity contribution is 5.76. The Bertz CT molecular complexity index is 350. The molecule has 0 aromatic carbocycles. The van der Waals surface area contributed by atoms with E-state index in [2.05, 4.69) is 9.98 Å². The average molecular weight is 301 g/mol. The number of rotatable bonds is 11. The van der Waals surface area contributed by atoms with Crippen LogP contribution in [-0.2, 0) is 9.53 Å². The Hall–Kier alpha value is -2.03. The Morgan fingerprint density at radius 2 is 1.43 bits per heavy atom. The third kappa shape index (κ3) is 12.7. The number of guanidine groups is 2. The second-order valence-corrected chi connectivity index (χ2v) is 4.59. The molecule has 0 aliphatic carbocycles. The van der Waals surface area contributed by atoms with Crippen LogP contribution in [0.5, 0.6) is 0 Å². The first-order valence-corrected chi connectivity index (χ1v) is 6.96. The van der Waals surface area contributed by atoms with Gasteiger partial charge in [0.2, 0.25) is 0 Å². The van der Waals surface area contributed by atoms with Gasteiger partial charge in [-0.1, -0.05) is 0 Å². The van der Waals surface area contributed by atoms with Crippen LogP contribution in [0.15, 0.2) is 9.98 Å². The standard InChI is InChI=1S/C12H27N7O2/c13-9(5-1-2-6-18-11(14)15)10(20)21-8-4-3-7-19-12(16)17/h9H,1-8,13H2,(H4,14,15,18)(H4,16,17,19). The molecule has 9 heteroatoms. The lowest BCUT2D eigenvalue weighted by molar-refractivity contribution is -0.145. The lowest BCUT2D eigenvalue weighted by Gasteiger charge is -2.10. The van der Waals surface area contributed by atoms with E-state index in [0.29, 0.717) is 32.5 Å². The van der Waals surface area contributed by atoms with Crippen molar-refractivity contribution in [2.45, 2.75) is 38.1 Å². The van der Waals surface area contributed by atoms with Crippen LogP contribution >= 0.6 is 0 Å². The van der Waals surface area contributed by atoms with Crippen LogP contribution in [0, 0.1) is 0 Å². The van der Waals surface area contributed by atoms with Gasteiger partial charge in [0.1, 0.15) is 6.04 Å². The summed E-state index contributed by atoms with van der Waals surface area (Å²) >= 11 is 0. The minimum absolute atomic E-state index is 0.0646. The summed E-state index contributed by atoms with van der Waals surface area (Å²) in [6, 6.07) is -0.609. The molecule has 0 aromatic heterocycles. The first-order valence-electron chi connectivity index (χ1n) is 6.96. The van der Waals surface area contributed by atoms with Gasteiger partial charge in [-0.25, -0.2) is 0 Å². The molecule has 0 bridgehead atoms. The summed E-state index contributed by atoms with van der Waals surface area (Å²) in [5, 5.41) is 0. The number of aliphatic imine (C=N–C) groups is 2. The predicted molar refractivity (Wildman–Crippen MR) is 83.4 cm³/mol. The molecule has 0 fully saturated rings. The molecule has 0 amide bonds. The smallest absolute Gasteiger partial charge is 0.322 e. The molecule has 0 heterocycles. The maximum atomic E-state index is 11.6. The molecule has 0 saturated carbocycles. The molecule has 0 saturated heterocycles. The Balaban J connectivity index is 3.57. The number of unbranched alkanes of at least 4 members (excludes halogenated alkanes) is 2. The number of nitrogens with zero attached hydrogens (tertiary/aromatic N) is 2. The molecule has 122 valence electrons. The summed E-state index contributed by atoms with van der Waals surface area (Å²) in [5.41, 5.74) is 26.5. The van der Waals surface area contributed by atoms with Crippen molar-refractivity contribution in [3.63, 3.8) is 0 Å². The van der Waals surface area contributed by atoms with Crippen LogP contribution in [0.25, 0.3) is 0 Å². The fourth-order valence-electron chi connectivity index (χ4n) is 1.50. The van der Waals surface area contributed by atoms with Crippen LogP contribution < -0.4 is 28.7 Å². The van der Waals surface area contributed by atoms with Crippen molar-refractivity contribution in [3.8, 4) is 0 Å². The zero-order valence-corrected chi connectivity index (χ0v) is 12.3. The SMILES string of the molecule is NC(N)=NCCCCOC(=O)C(N)CCCCN=C(N)N. The van der Waals surface area contributed by atoms with Crippen LogP contribution in [-0.4, -0.2) is 43.6 Å². The van der Waals surface area contributed by atoms with E-state index in [-0.39, 0.29) is 11.9 Å². The summed E-state index contributed by atoms with van der Waals surface area (Å²) in [4.78, 5) is 19.2. The number of hydrogen-bond donors (Lipinski definition) is 5. The number of ether oxygens (including phenoxy) is 1. The molecule has 10 N–H and O–H groups in total. The normalized spacial score (nSPS) is 11.5. The molecule has 1 atom stereocenters. The summed E-state index contributed by atoms with van der Waals surface area (Å²) in [6.07, 6.45) is 3.53. The highest BCUT2D eigenvalue weighted by atomic mass is 16.5. The van der Waals surface area contributed by atoms with E-state index in [1.54, 1.807) is 0 Å². The minimum atomic E-state index is -0.609. The predicted octanol–water partition coefficient (Wildman–Crippen LogP) is -1.65. The second kappa shape index (κ2) is 11.8. The Kier molecular flexibility index (Phi) is 10.6. The van der Waals surface area contributed by atoms with Gasteiger partial charge < -0.3 is 33.4 Å². The fourth-order valence-corrected chi connectivity index (χ4v) is 1.50. The molecule has 0 aliphatic rings. The molecule has 0 radical (unpaired) electrons. The van der Waals surface area contributed by atoms with E-state index in [1.807, 2.05) is 0 Å². The van der Waals surface area contributed by atoms with Gasteiger partial charge in [0.05, 0.1) is 6.61 Å². The van der Waals surface area contributed by atoms with Crippen LogP contribution in [0.3, 0.4) is 0 Å². The summed E-state index contributed by atoms with van der Waals surface area (Å²) in [6.45, 7) is 1.38. The zero-order chi connectivity index (χ0) is 16.1. The van der Waals surface area contributed by atoms with Gasteiger partial charge in [-0.15, -0.1) is 0 Å². The third-order valence-electron chi connectivity index (χ3n) is 2.61. The Labute approximate surface area is 125 Å². The van der Waals surface area contributed by atoms with Crippen molar-refractivity contribution < 1.29 is 9.53 Å². The van der Waals surface area contributed by atoms with E-state index >= 15 is 0 Å². The van der Waals surface area contributed by atoms with Crippen molar-refractivity contribution in [2.75, 3.05) is 19.7 Å². The van der Waals surface area contributed by atoms with Crippen molar-refractivity contribution in [3.05, 3.63) is 0 Å². The molecule has 21 heavy (non-hydrogen) atoms. The summed E-state index contributed by atoms with van der Waals surface area (Å²) in [5.74, 6) is -0.257. The number of carbonyl (C=O) groups excluding carboxylic acids is 1. The maximum Gasteiger partial charge on any atom is 0.322 e. The summed E-state index contributed by atoms with van der Waals surface area (Å²) < 4.78 is 5.06. The average Bonchev–Trinajstić information content (AvgIpc) is 2.41. The zero-order valence-electron chi connectivity index (χ0n) is 12.3. The van der Waals surface area contributed by atoms with Gasteiger partial charge in [-0.05, 0) is 32.1 Å². The van der Waals surface area contributed by atoms with Gasteiger partial charge in [-0.2, -0.15) is 0 Å². The van der Waals surface area contributed by atoms with E-state index in [4.69, 9.17) is 33.4 Å². The van der Waals surface area contributed by atoms with Gasteiger partial charge in [-0.3, -0.25) is 14.8 Å². The molecular formula is C12H27N7O2. The van der Waals surface area contributed by atoms with E-state index in [0.717, 1.165) is 19.3 Å². The molecule has 0 aromatic rings. The molecule has 9 nitrogen and oxygen atoms in total. The van der Waals surface area contributed by atoms with Crippen molar-refractivity contribution in [1.82, 2.24) is 0 Å². The topological polar surface area (TPSA) is 181 Å². The van der Waals surface area contributed by atoms with Crippen LogP contribution in [0.2, 0.25) is 0 Å². The lowest BCUT2D eigenvalue weighted by atomic mass is 10.1. The first-order chi connectivity index (χ1) is 9.93. The number of hydrogen-bond acceptors (Lipinski definition) is 5. The molecule has 0 rings (SSSR count). The summed E-state index contributed by atoms with van der Waals surface area (Å²) in [7, 11) is 0. The van der Waals surface area contributed by atoms with E-state index < -0.39 is 12.0 Å². The Morgan fingerprint density at radius 1 is 0.905 bits per heavy atom. The van der Waals surface area contributed by atoms with Gasteiger partial charge in [0, 0.05) is 13.1 Å². The Morgan fingerprint density at radius 3 is 1.95 bits per heavy atom. The molecule has 0 spiro atoms. The monoisotopic (exact) mass is 301 g/mol. The third-order valence-corrected chi connectivity index (χ3v) is 2.61. The highest BCUT2D eigenvalue weighted by Crippen LogP contribution is 2.02. The van der Waals surface area contributed by atoms with E-state index in [1.165, 1.54) is 0 Å². The van der Waals surface area contributed by atoms with Crippen molar-refractivity contribution in [1.29, 1.82) is 0 Å². The van der Waals surface area contributed by atoms with Crippen LogP contribution in [0.4, 0.5) is 0 Å². The van der Waals surface area contributed by atoms with E-state index in [9.17, 15) is 4.79 Å². The van der Waals surface area contributed by atoms with Crippen molar-refractivity contribution in [2.24, 2.45) is 38.7 Å². The number of esters is 1. The first kappa shape index (κ1) is 19.0.